The number of hydrogen-bond donors (Lipinski definition) is 1. The number of benzene rings is 2. The van der Waals surface area contributed by atoms with E-state index in [1.165, 1.54) is 0 Å². The Hall–Kier alpha value is -2.95. The molecule has 0 spiro atoms. The summed E-state index contributed by atoms with van der Waals surface area (Å²) in [5.41, 5.74) is 1.26. The topological polar surface area (TPSA) is 72.0 Å². The number of hydrogen-bond acceptors (Lipinski definition) is 4. The Morgan fingerprint density at radius 1 is 1.12 bits per heavy atom. The third kappa shape index (κ3) is 3.60. The molecule has 0 fully saturated rings. The predicted molar refractivity (Wildman–Crippen MR) is 96.3 cm³/mol. The molecule has 2 atom stereocenters. The Morgan fingerprint density at radius 2 is 1.80 bits per heavy atom. The van der Waals surface area contributed by atoms with Gasteiger partial charge >= 0.3 is 5.97 Å². The van der Waals surface area contributed by atoms with Gasteiger partial charge in [-0.05, 0) is 31.0 Å². The number of nitrogens with one attached hydrogen (secondary N) is 1. The van der Waals surface area contributed by atoms with Crippen LogP contribution in [0.15, 0.2) is 59.4 Å². The molecule has 0 aliphatic carbocycles. The Balaban J connectivity index is 1.83. The van der Waals surface area contributed by atoms with Gasteiger partial charge in [-0.15, -0.1) is 0 Å². The van der Waals surface area contributed by atoms with Gasteiger partial charge in [-0.25, -0.2) is 4.98 Å². The lowest BCUT2D eigenvalue weighted by molar-refractivity contribution is -0.151. The zero-order valence-corrected chi connectivity index (χ0v) is 14.2. The number of aromatic nitrogens is 2. The maximum atomic E-state index is 12.6. The van der Waals surface area contributed by atoms with Gasteiger partial charge in [0.1, 0.15) is 0 Å². The molecule has 0 unspecified atom stereocenters. The van der Waals surface area contributed by atoms with Crippen molar-refractivity contribution in [2.24, 2.45) is 0 Å². The number of esters is 1. The molecule has 5 nitrogen and oxygen atoms in total. The van der Waals surface area contributed by atoms with Crippen molar-refractivity contribution < 1.29 is 9.53 Å². The highest BCUT2D eigenvalue weighted by atomic mass is 16.5. The van der Waals surface area contributed by atoms with Crippen molar-refractivity contribution >= 4 is 16.9 Å². The molecule has 5 heteroatoms. The van der Waals surface area contributed by atoms with Gasteiger partial charge in [-0.2, -0.15) is 0 Å². The minimum absolute atomic E-state index is 0.237. The third-order valence-corrected chi connectivity index (χ3v) is 4.20. The first-order valence-corrected chi connectivity index (χ1v) is 8.34. The number of para-hydroxylation sites is 1. The van der Waals surface area contributed by atoms with Crippen molar-refractivity contribution in [2.75, 3.05) is 0 Å². The van der Waals surface area contributed by atoms with Crippen LogP contribution in [-0.4, -0.2) is 15.9 Å². The van der Waals surface area contributed by atoms with Gasteiger partial charge in [0.15, 0.2) is 11.9 Å². The van der Waals surface area contributed by atoms with E-state index in [0.29, 0.717) is 23.1 Å². The van der Waals surface area contributed by atoms with Gasteiger partial charge < -0.3 is 9.72 Å². The number of carbonyl (C=O) groups is 1. The first-order chi connectivity index (χ1) is 12.1. The molecule has 0 saturated carbocycles. The van der Waals surface area contributed by atoms with Crippen molar-refractivity contribution in [2.45, 2.75) is 32.3 Å². The van der Waals surface area contributed by atoms with Crippen molar-refractivity contribution in [3.05, 3.63) is 76.3 Å². The molecule has 25 heavy (non-hydrogen) atoms. The highest BCUT2D eigenvalue weighted by Gasteiger charge is 2.23. The normalized spacial score (nSPS) is 13.4. The Kier molecular flexibility index (Phi) is 4.93. The number of nitrogens with zero attached hydrogens (tertiary/aromatic N) is 1. The lowest BCUT2D eigenvalue weighted by atomic mass is 9.97. The molecule has 1 N–H and O–H groups in total. The zero-order chi connectivity index (χ0) is 17.8. The van der Waals surface area contributed by atoms with Crippen LogP contribution in [0.1, 0.15) is 43.7 Å². The molecule has 1 heterocycles. The molecule has 2 aromatic carbocycles. The number of ether oxygens (including phenoxy) is 1. The van der Waals surface area contributed by atoms with Crippen LogP contribution in [0.5, 0.6) is 0 Å². The minimum atomic E-state index is -0.637. The van der Waals surface area contributed by atoms with Crippen LogP contribution in [0.25, 0.3) is 10.9 Å². The van der Waals surface area contributed by atoms with Crippen LogP contribution < -0.4 is 5.56 Å². The second kappa shape index (κ2) is 7.30. The minimum Gasteiger partial charge on any atom is -0.454 e. The SMILES string of the molecule is CC[C@@H](C(=O)O[C@H](C)c1nc2ccccc2c(=O)[nH]1)c1ccccc1. The number of H-pyrrole nitrogens is 1. The fourth-order valence-corrected chi connectivity index (χ4v) is 2.83. The van der Waals surface area contributed by atoms with Crippen molar-refractivity contribution in [3.8, 4) is 0 Å². The number of rotatable bonds is 5. The quantitative estimate of drug-likeness (QED) is 0.721. The molecular weight excluding hydrogens is 316 g/mol. The molecule has 0 bridgehead atoms. The maximum absolute atomic E-state index is 12.6. The van der Waals surface area contributed by atoms with E-state index in [9.17, 15) is 9.59 Å². The maximum Gasteiger partial charge on any atom is 0.314 e. The van der Waals surface area contributed by atoms with Crippen LogP contribution in [0.3, 0.4) is 0 Å². The summed E-state index contributed by atoms with van der Waals surface area (Å²) in [7, 11) is 0. The lowest BCUT2D eigenvalue weighted by Crippen LogP contribution is -2.21. The van der Waals surface area contributed by atoms with Crippen LogP contribution in [0, 0.1) is 0 Å². The first kappa shape index (κ1) is 16.9. The average molecular weight is 336 g/mol. The number of aromatic amines is 1. The van der Waals surface area contributed by atoms with Crippen LogP contribution >= 0.6 is 0 Å². The lowest BCUT2D eigenvalue weighted by Gasteiger charge is -2.18. The molecule has 0 radical (unpaired) electrons. The second-order valence-corrected chi connectivity index (χ2v) is 5.92. The fraction of sp³-hybridized carbons (Fsp3) is 0.250. The first-order valence-electron chi connectivity index (χ1n) is 8.34. The largest absolute Gasteiger partial charge is 0.454 e. The van der Waals surface area contributed by atoms with Crippen LogP contribution in [0.2, 0.25) is 0 Å². The van der Waals surface area contributed by atoms with Crippen molar-refractivity contribution in [3.63, 3.8) is 0 Å². The zero-order valence-electron chi connectivity index (χ0n) is 14.2. The van der Waals surface area contributed by atoms with Crippen molar-refractivity contribution in [1.29, 1.82) is 0 Å². The highest BCUT2D eigenvalue weighted by Crippen LogP contribution is 2.24. The summed E-state index contributed by atoms with van der Waals surface area (Å²) < 4.78 is 5.58. The van der Waals surface area contributed by atoms with Gasteiger partial charge in [-0.1, -0.05) is 49.4 Å². The van der Waals surface area contributed by atoms with E-state index in [-0.39, 0.29) is 17.4 Å². The molecule has 0 aliphatic rings. The number of fused-ring (bicyclic) bond motifs is 1. The predicted octanol–water partition coefficient (Wildman–Crippen LogP) is 3.72. The Morgan fingerprint density at radius 3 is 2.52 bits per heavy atom. The summed E-state index contributed by atoms with van der Waals surface area (Å²) in [6.07, 6.45) is -0.000365. The Bertz CT molecular complexity index is 934. The number of carbonyl (C=O) groups excluding carboxylic acids is 1. The van der Waals surface area contributed by atoms with Crippen LogP contribution in [0.4, 0.5) is 0 Å². The van der Waals surface area contributed by atoms with E-state index in [2.05, 4.69) is 9.97 Å². The smallest absolute Gasteiger partial charge is 0.314 e. The average Bonchev–Trinajstić information content (AvgIpc) is 2.63. The monoisotopic (exact) mass is 336 g/mol. The van der Waals surface area contributed by atoms with Gasteiger partial charge in [0, 0.05) is 0 Å². The fourth-order valence-electron chi connectivity index (χ4n) is 2.83. The van der Waals surface area contributed by atoms with E-state index in [4.69, 9.17) is 4.74 Å². The van der Waals surface area contributed by atoms with E-state index >= 15 is 0 Å². The summed E-state index contributed by atoms with van der Waals surface area (Å²) in [5.74, 6) is -0.312. The van der Waals surface area contributed by atoms with Crippen molar-refractivity contribution in [1.82, 2.24) is 9.97 Å². The molecule has 1 aromatic heterocycles. The van der Waals surface area contributed by atoms with E-state index < -0.39 is 6.10 Å². The molecule has 128 valence electrons. The van der Waals surface area contributed by atoms with Gasteiger partial charge in [0.25, 0.3) is 5.56 Å². The van der Waals surface area contributed by atoms with Gasteiger partial charge in [0.05, 0.1) is 16.8 Å². The summed E-state index contributed by atoms with van der Waals surface area (Å²) in [6, 6.07) is 16.6. The summed E-state index contributed by atoms with van der Waals surface area (Å²) in [4.78, 5) is 31.9. The Labute approximate surface area is 145 Å². The molecular formula is C20H20N2O3. The molecule has 0 amide bonds. The summed E-state index contributed by atoms with van der Waals surface area (Å²) >= 11 is 0. The van der Waals surface area contributed by atoms with E-state index in [1.54, 1.807) is 25.1 Å². The standard InChI is InChI=1S/C20H20N2O3/c1-3-15(14-9-5-4-6-10-14)20(24)25-13(2)18-21-17-12-8-7-11-16(17)19(23)22-18/h4-13,15H,3H2,1-2H3,(H,21,22,23)/t13-,15-/m1/s1. The van der Waals surface area contributed by atoms with Crippen LogP contribution in [-0.2, 0) is 9.53 Å². The van der Waals surface area contributed by atoms with E-state index in [1.807, 2.05) is 43.3 Å². The molecule has 0 saturated heterocycles. The second-order valence-electron chi connectivity index (χ2n) is 5.92. The summed E-state index contributed by atoms with van der Waals surface area (Å²) in [5, 5.41) is 0.514. The summed E-state index contributed by atoms with van der Waals surface area (Å²) in [6.45, 7) is 3.66. The molecule has 0 aliphatic heterocycles. The molecule has 3 rings (SSSR count). The highest BCUT2D eigenvalue weighted by molar-refractivity contribution is 5.79. The van der Waals surface area contributed by atoms with Gasteiger partial charge in [-0.3, -0.25) is 9.59 Å². The molecule has 3 aromatic rings. The third-order valence-electron chi connectivity index (χ3n) is 4.20. The van der Waals surface area contributed by atoms with E-state index in [0.717, 1.165) is 5.56 Å². The van der Waals surface area contributed by atoms with Gasteiger partial charge in [0.2, 0.25) is 0 Å².